The van der Waals surface area contributed by atoms with Crippen molar-refractivity contribution in [3.05, 3.63) is 77.9 Å². The van der Waals surface area contributed by atoms with Crippen molar-refractivity contribution in [1.82, 2.24) is 9.97 Å². The van der Waals surface area contributed by atoms with Gasteiger partial charge in [0.1, 0.15) is 5.82 Å². The predicted octanol–water partition coefficient (Wildman–Crippen LogP) is 4.20. The molecule has 1 aromatic heterocycles. The molecule has 0 aliphatic carbocycles. The van der Waals surface area contributed by atoms with E-state index in [4.69, 9.17) is 0 Å². The van der Waals surface area contributed by atoms with Crippen LogP contribution in [0.5, 0.6) is 0 Å². The molecule has 2 heterocycles. The summed E-state index contributed by atoms with van der Waals surface area (Å²) < 4.78 is 0. The van der Waals surface area contributed by atoms with E-state index in [0.29, 0.717) is 6.42 Å². The van der Waals surface area contributed by atoms with Gasteiger partial charge < -0.3 is 5.32 Å². The van der Waals surface area contributed by atoms with Crippen LogP contribution in [0.3, 0.4) is 0 Å². The summed E-state index contributed by atoms with van der Waals surface area (Å²) in [4.78, 5) is 20.5. The van der Waals surface area contributed by atoms with E-state index in [1.165, 1.54) is 5.56 Å². The number of aromatic nitrogens is 2. The fraction of sp³-hybridized carbons (Fsp3) is 0.227. The van der Waals surface area contributed by atoms with Gasteiger partial charge in [-0.1, -0.05) is 36.4 Å². The first kappa shape index (κ1) is 16.5. The maximum atomic E-state index is 11.5. The second-order valence-electron chi connectivity index (χ2n) is 6.68. The second-order valence-corrected chi connectivity index (χ2v) is 6.68. The number of hydrogen-bond donors (Lipinski definition) is 1. The Hall–Kier alpha value is -3.01. The molecule has 4 rings (SSSR count). The number of nitrogens with one attached hydrogen (secondary N) is 1. The minimum atomic E-state index is 0.0549. The van der Waals surface area contributed by atoms with Crippen LogP contribution in [0.1, 0.15) is 29.8 Å². The van der Waals surface area contributed by atoms with Crippen molar-refractivity contribution in [2.45, 2.75) is 32.1 Å². The number of carbonyl (C=O) groups is 1. The van der Waals surface area contributed by atoms with Gasteiger partial charge in [-0.3, -0.25) is 4.79 Å². The van der Waals surface area contributed by atoms with Crippen molar-refractivity contribution in [1.29, 1.82) is 0 Å². The van der Waals surface area contributed by atoms with Crippen LogP contribution >= 0.6 is 0 Å². The van der Waals surface area contributed by atoms with Gasteiger partial charge in [0.05, 0.1) is 6.42 Å². The fourth-order valence-corrected chi connectivity index (χ4v) is 3.30. The number of carbonyl (C=O) groups excluding carboxylic acids is 1. The first-order valence-corrected chi connectivity index (χ1v) is 9.06. The Balaban J connectivity index is 1.34. The number of fused-ring (bicyclic) bond motifs is 1. The molecule has 0 saturated heterocycles. The molecule has 1 amide bonds. The summed E-state index contributed by atoms with van der Waals surface area (Å²) in [6.45, 7) is 0. The smallest absolute Gasteiger partial charge is 0.228 e. The van der Waals surface area contributed by atoms with E-state index in [0.717, 1.165) is 53.9 Å². The van der Waals surface area contributed by atoms with E-state index >= 15 is 0 Å². The number of anilines is 1. The predicted molar refractivity (Wildman–Crippen MR) is 103 cm³/mol. The molecule has 0 saturated carbocycles. The van der Waals surface area contributed by atoms with Gasteiger partial charge in [-0.05, 0) is 48.1 Å². The van der Waals surface area contributed by atoms with E-state index in [9.17, 15) is 4.79 Å². The van der Waals surface area contributed by atoms with Crippen molar-refractivity contribution in [3.63, 3.8) is 0 Å². The summed E-state index contributed by atoms with van der Waals surface area (Å²) in [6.07, 6.45) is 8.43. The zero-order valence-electron chi connectivity index (χ0n) is 14.6. The molecule has 0 fully saturated rings. The maximum absolute atomic E-state index is 11.5. The van der Waals surface area contributed by atoms with Crippen LogP contribution < -0.4 is 5.32 Å². The molecule has 1 aliphatic rings. The zero-order chi connectivity index (χ0) is 17.8. The molecule has 1 aliphatic heterocycles. The molecular formula is C22H21N3O. The van der Waals surface area contributed by atoms with E-state index < -0.39 is 0 Å². The van der Waals surface area contributed by atoms with Crippen LogP contribution in [-0.4, -0.2) is 15.9 Å². The first-order valence-electron chi connectivity index (χ1n) is 9.06. The number of hydrogen-bond acceptors (Lipinski definition) is 3. The lowest BCUT2D eigenvalue weighted by Crippen LogP contribution is -2.03. The Morgan fingerprint density at radius 1 is 0.885 bits per heavy atom. The summed E-state index contributed by atoms with van der Waals surface area (Å²) in [5, 5.41) is 2.86. The van der Waals surface area contributed by atoms with E-state index in [1.54, 1.807) is 0 Å². The molecule has 4 heteroatoms. The molecule has 4 nitrogen and oxygen atoms in total. The average molecular weight is 343 g/mol. The van der Waals surface area contributed by atoms with Crippen molar-refractivity contribution in [2.24, 2.45) is 0 Å². The molecule has 26 heavy (non-hydrogen) atoms. The number of unbranched alkanes of at least 4 members (excludes halogenated alkanes) is 1. The lowest BCUT2D eigenvalue weighted by molar-refractivity contribution is -0.115. The summed E-state index contributed by atoms with van der Waals surface area (Å²) in [6, 6.07) is 16.6. The van der Waals surface area contributed by atoms with Gasteiger partial charge in [-0.15, -0.1) is 0 Å². The highest BCUT2D eigenvalue weighted by atomic mass is 16.1. The molecule has 0 radical (unpaired) electrons. The Morgan fingerprint density at radius 2 is 1.65 bits per heavy atom. The summed E-state index contributed by atoms with van der Waals surface area (Å²) in [5.74, 6) is 0.944. The molecule has 3 aromatic rings. The van der Waals surface area contributed by atoms with Crippen LogP contribution in [0.15, 0.2) is 60.9 Å². The quantitative estimate of drug-likeness (QED) is 0.682. The van der Waals surface area contributed by atoms with Gasteiger partial charge in [0.2, 0.25) is 5.91 Å². The van der Waals surface area contributed by atoms with Crippen LogP contribution in [0.4, 0.5) is 5.69 Å². The summed E-state index contributed by atoms with van der Waals surface area (Å²) >= 11 is 0. The van der Waals surface area contributed by atoms with Crippen molar-refractivity contribution >= 4 is 11.6 Å². The van der Waals surface area contributed by atoms with Crippen LogP contribution in [0, 0.1) is 0 Å². The normalized spacial score (nSPS) is 12.7. The summed E-state index contributed by atoms with van der Waals surface area (Å²) in [5.41, 5.74) is 5.37. The lowest BCUT2D eigenvalue weighted by Gasteiger charge is -2.05. The number of benzene rings is 2. The monoisotopic (exact) mass is 343 g/mol. The van der Waals surface area contributed by atoms with Crippen molar-refractivity contribution in [3.8, 4) is 11.1 Å². The van der Waals surface area contributed by atoms with Crippen LogP contribution in [0.2, 0.25) is 0 Å². The third-order valence-electron chi connectivity index (χ3n) is 4.73. The molecule has 0 bridgehead atoms. The first-order chi connectivity index (χ1) is 12.8. The van der Waals surface area contributed by atoms with Gasteiger partial charge in [0, 0.05) is 30.1 Å². The fourth-order valence-electron chi connectivity index (χ4n) is 3.30. The highest BCUT2D eigenvalue weighted by molar-refractivity contribution is 5.99. The number of nitrogens with zero attached hydrogens (tertiary/aromatic N) is 2. The molecule has 130 valence electrons. The van der Waals surface area contributed by atoms with Crippen LogP contribution in [-0.2, 0) is 24.1 Å². The Morgan fingerprint density at radius 3 is 2.46 bits per heavy atom. The Bertz CT molecular complexity index is 904. The van der Waals surface area contributed by atoms with E-state index in [-0.39, 0.29) is 5.91 Å². The summed E-state index contributed by atoms with van der Waals surface area (Å²) in [7, 11) is 0. The zero-order valence-corrected chi connectivity index (χ0v) is 14.6. The molecule has 2 aromatic carbocycles. The highest BCUT2D eigenvalue weighted by Crippen LogP contribution is 2.28. The largest absolute Gasteiger partial charge is 0.326 e. The Labute approximate surface area is 153 Å². The highest BCUT2D eigenvalue weighted by Gasteiger charge is 2.17. The number of rotatable bonds is 6. The van der Waals surface area contributed by atoms with Crippen molar-refractivity contribution < 1.29 is 4.79 Å². The average Bonchev–Trinajstić information content (AvgIpc) is 3.06. The third-order valence-corrected chi connectivity index (χ3v) is 4.73. The van der Waals surface area contributed by atoms with Crippen LogP contribution in [0.25, 0.3) is 11.1 Å². The Kier molecular flexibility index (Phi) is 4.73. The minimum Gasteiger partial charge on any atom is -0.326 e. The third kappa shape index (κ3) is 3.80. The molecular weight excluding hydrogens is 322 g/mol. The van der Waals surface area contributed by atoms with Crippen molar-refractivity contribution in [2.75, 3.05) is 5.32 Å². The van der Waals surface area contributed by atoms with E-state index in [1.807, 2.05) is 36.7 Å². The van der Waals surface area contributed by atoms with Gasteiger partial charge in [-0.2, -0.15) is 0 Å². The van der Waals surface area contributed by atoms with Gasteiger partial charge in [0.25, 0.3) is 0 Å². The SMILES string of the molecule is O=C1Cc2cc(-c3cnc(CCCCc4ccccc4)nc3)ccc2N1. The van der Waals surface area contributed by atoms with Gasteiger partial charge >= 0.3 is 0 Å². The maximum Gasteiger partial charge on any atom is 0.228 e. The minimum absolute atomic E-state index is 0.0549. The molecule has 0 spiro atoms. The molecule has 0 atom stereocenters. The standard InChI is InChI=1S/C22H21N3O/c26-22-13-18-12-17(10-11-20(18)25-22)19-14-23-21(24-15-19)9-5-4-8-16-6-2-1-3-7-16/h1-3,6-7,10-12,14-15H,4-5,8-9,13H2,(H,25,26). The topological polar surface area (TPSA) is 54.9 Å². The number of aryl methyl sites for hydroxylation is 2. The lowest BCUT2D eigenvalue weighted by atomic mass is 10.0. The second kappa shape index (κ2) is 7.48. The van der Waals surface area contributed by atoms with Gasteiger partial charge in [0.15, 0.2) is 0 Å². The molecule has 1 N–H and O–H groups in total. The van der Waals surface area contributed by atoms with E-state index in [2.05, 4.69) is 39.6 Å². The molecule has 0 unspecified atom stereocenters. The number of amides is 1. The van der Waals surface area contributed by atoms with Gasteiger partial charge in [-0.25, -0.2) is 9.97 Å².